The lowest BCUT2D eigenvalue weighted by atomic mass is 10.1. The van der Waals surface area contributed by atoms with Crippen LogP contribution in [0.5, 0.6) is 0 Å². The van der Waals surface area contributed by atoms with Gasteiger partial charge in [0.05, 0.1) is 6.61 Å². The molecule has 1 aromatic rings. The minimum absolute atomic E-state index is 0.220. The number of unbranched alkanes of at least 4 members (excludes halogenated alkanes) is 1. The molecule has 0 bridgehead atoms. The predicted octanol–water partition coefficient (Wildman–Crippen LogP) is 0.889. The molecule has 1 unspecified atom stereocenters. The van der Waals surface area contributed by atoms with Gasteiger partial charge in [0.2, 0.25) is 5.89 Å². The van der Waals surface area contributed by atoms with E-state index in [2.05, 4.69) is 10.1 Å². The first kappa shape index (κ1) is 10.6. The van der Waals surface area contributed by atoms with Crippen LogP contribution in [-0.4, -0.2) is 35.1 Å². The van der Waals surface area contributed by atoms with Crippen molar-refractivity contribution < 1.29 is 14.4 Å². The molecule has 0 aromatic carbocycles. The van der Waals surface area contributed by atoms with Gasteiger partial charge in [-0.1, -0.05) is 5.16 Å². The standard InChI is InChI=1S/C10H16N2O3/c13-5-2-1-3-9-11-10(12-15-9)8-4-6-14-7-8/h8,13H,1-7H2. The second-order valence-corrected chi connectivity index (χ2v) is 3.79. The number of nitrogens with zero attached hydrogens (tertiary/aromatic N) is 2. The lowest BCUT2D eigenvalue weighted by Gasteiger charge is -1.97. The van der Waals surface area contributed by atoms with Crippen molar-refractivity contribution in [2.45, 2.75) is 31.6 Å². The fourth-order valence-electron chi connectivity index (χ4n) is 1.66. The molecule has 1 aromatic heterocycles. The summed E-state index contributed by atoms with van der Waals surface area (Å²) < 4.78 is 10.4. The molecule has 1 N–H and O–H groups in total. The molecule has 84 valence electrons. The summed E-state index contributed by atoms with van der Waals surface area (Å²) in [6, 6.07) is 0. The van der Waals surface area contributed by atoms with E-state index < -0.39 is 0 Å². The lowest BCUT2D eigenvalue weighted by molar-refractivity contribution is 0.192. The highest BCUT2D eigenvalue weighted by molar-refractivity contribution is 4.97. The summed E-state index contributed by atoms with van der Waals surface area (Å²) in [5.74, 6) is 1.75. The highest BCUT2D eigenvalue weighted by Gasteiger charge is 2.22. The molecule has 0 saturated carbocycles. The van der Waals surface area contributed by atoms with Crippen LogP contribution in [-0.2, 0) is 11.2 Å². The van der Waals surface area contributed by atoms with E-state index in [-0.39, 0.29) is 6.61 Å². The predicted molar refractivity (Wildman–Crippen MR) is 52.5 cm³/mol. The minimum atomic E-state index is 0.220. The fraction of sp³-hybridized carbons (Fsp3) is 0.800. The molecular weight excluding hydrogens is 196 g/mol. The van der Waals surface area contributed by atoms with Crippen LogP contribution in [0.15, 0.2) is 4.52 Å². The van der Waals surface area contributed by atoms with Crippen molar-refractivity contribution in [2.75, 3.05) is 19.8 Å². The van der Waals surface area contributed by atoms with Crippen molar-refractivity contribution in [1.29, 1.82) is 0 Å². The van der Waals surface area contributed by atoms with Gasteiger partial charge < -0.3 is 14.4 Å². The third-order valence-corrected chi connectivity index (χ3v) is 2.58. The van der Waals surface area contributed by atoms with Gasteiger partial charge in [-0.25, -0.2) is 0 Å². The Morgan fingerprint density at radius 2 is 2.33 bits per heavy atom. The van der Waals surface area contributed by atoms with Crippen LogP contribution in [0.1, 0.15) is 36.9 Å². The first-order valence-electron chi connectivity index (χ1n) is 5.41. The summed E-state index contributed by atoms with van der Waals surface area (Å²) in [6.07, 6.45) is 3.40. The zero-order valence-electron chi connectivity index (χ0n) is 8.69. The van der Waals surface area contributed by atoms with E-state index in [1.807, 2.05) is 0 Å². The molecular formula is C10H16N2O3. The Balaban J connectivity index is 1.86. The van der Waals surface area contributed by atoms with Crippen LogP contribution in [0.25, 0.3) is 0 Å². The number of aromatic nitrogens is 2. The number of aliphatic hydroxyl groups excluding tert-OH is 1. The van der Waals surface area contributed by atoms with Gasteiger partial charge in [0.15, 0.2) is 5.82 Å². The van der Waals surface area contributed by atoms with Gasteiger partial charge in [-0.05, 0) is 19.3 Å². The summed E-state index contributed by atoms with van der Waals surface area (Å²) >= 11 is 0. The Morgan fingerprint density at radius 3 is 3.07 bits per heavy atom. The third kappa shape index (κ3) is 2.76. The van der Waals surface area contributed by atoms with Crippen molar-refractivity contribution in [3.8, 4) is 0 Å². The Bertz CT molecular complexity index is 295. The normalized spacial score (nSPS) is 21.0. The number of hydrogen-bond acceptors (Lipinski definition) is 5. The monoisotopic (exact) mass is 212 g/mol. The average Bonchev–Trinajstić information content (AvgIpc) is 2.87. The molecule has 5 heteroatoms. The van der Waals surface area contributed by atoms with Gasteiger partial charge in [0, 0.05) is 25.6 Å². The van der Waals surface area contributed by atoms with Crippen LogP contribution in [0, 0.1) is 0 Å². The summed E-state index contributed by atoms with van der Waals surface area (Å²) in [7, 11) is 0. The van der Waals surface area contributed by atoms with Crippen LogP contribution in [0.4, 0.5) is 0 Å². The maximum absolute atomic E-state index is 8.64. The number of ether oxygens (including phenoxy) is 1. The summed E-state index contributed by atoms with van der Waals surface area (Å²) in [5, 5.41) is 12.6. The van der Waals surface area contributed by atoms with Crippen LogP contribution in [0.3, 0.4) is 0 Å². The van der Waals surface area contributed by atoms with Crippen molar-refractivity contribution in [2.24, 2.45) is 0 Å². The molecule has 0 radical (unpaired) electrons. The smallest absolute Gasteiger partial charge is 0.226 e. The fourth-order valence-corrected chi connectivity index (χ4v) is 1.66. The minimum Gasteiger partial charge on any atom is -0.396 e. The van der Waals surface area contributed by atoms with Crippen molar-refractivity contribution in [3.63, 3.8) is 0 Å². The lowest BCUT2D eigenvalue weighted by Crippen LogP contribution is -2.00. The number of aryl methyl sites for hydroxylation is 1. The zero-order valence-corrected chi connectivity index (χ0v) is 8.69. The second kappa shape index (κ2) is 5.23. The summed E-state index contributed by atoms with van der Waals surface area (Å²) in [5.41, 5.74) is 0. The molecule has 0 amide bonds. The maximum atomic E-state index is 8.64. The van der Waals surface area contributed by atoms with Gasteiger partial charge in [0.1, 0.15) is 0 Å². The number of aliphatic hydroxyl groups is 1. The molecule has 0 aliphatic carbocycles. The highest BCUT2D eigenvalue weighted by Crippen LogP contribution is 2.22. The first-order valence-corrected chi connectivity index (χ1v) is 5.41. The largest absolute Gasteiger partial charge is 0.396 e. The molecule has 2 heterocycles. The van der Waals surface area contributed by atoms with Gasteiger partial charge in [-0.3, -0.25) is 0 Å². The number of rotatable bonds is 5. The van der Waals surface area contributed by atoms with E-state index in [0.717, 1.165) is 38.1 Å². The van der Waals surface area contributed by atoms with Crippen LogP contribution in [0.2, 0.25) is 0 Å². The molecule has 1 aliphatic rings. The van der Waals surface area contributed by atoms with Crippen molar-refractivity contribution in [1.82, 2.24) is 10.1 Å². The Morgan fingerprint density at radius 1 is 1.40 bits per heavy atom. The zero-order chi connectivity index (χ0) is 10.5. The summed E-state index contributed by atoms with van der Waals surface area (Å²) in [6.45, 7) is 1.71. The van der Waals surface area contributed by atoms with Crippen LogP contribution >= 0.6 is 0 Å². The Hall–Kier alpha value is -0.940. The maximum Gasteiger partial charge on any atom is 0.226 e. The van der Waals surface area contributed by atoms with E-state index in [0.29, 0.717) is 18.4 Å². The van der Waals surface area contributed by atoms with Gasteiger partial charge in [-0.2, -0.15) is 4.98 Å². The molecule has 1 saturated heterocycles. The molecule has 5 nitrogen and oxygen atoms in total. The van der Waals surface area contributed by atoms with Crippen LogP contribution < -0.4 is 0 Å². The SMILES string of the molecule is OCCCCc1nc(C2CCOC2)no1. The van der Waals surface area contributed by atoms with E-state index in [9.17, 15) is 0 Å². The van der Waals surface area contributed by atoms with E-state index >= 15 is 0 Å². The highest BCUT2D eigenvalue weighted by atomic mass is 16.5. The van der Waals surface area contributed by atoms with Crippen molar-refractivity contribution in [3.05, 3.63) is 11.7 Å². The molecule has 15 heavy (non-hydrogen) atoms. The summed E-state index contributed by atoms with van der Waals surface area (Å²) in [4.78, 5) is 4.32. The van der Waals surface area contributed by atoms with Gasteiger partial charge in [0.25, 0.3) is 0 Å². The molecule has 1 atom stereocenters. The molecule has 0 spiro atoms. The Labute approximate surface area is 88.4 Å². The molecule has 2 rings (SSSR count). The second-order valence-electron chi connectivity index (χ2n) is 3.79. The third-order valence-electron chi connectivity index (χ3n) is 2.58. The molecule has 1 aliphatic heterocycles. The van der Waals surface area contributed by atoms with Gasteiger partial charge in [-0.15, -0.1) is 0 Å². The van der Waals surface area contributed by atoms with E-state index in [4.69, 9.17) is 14.4 Å². The van der Waals surface area contributed by atoms with E-state index in [1.165, 1.54) is 0 Å². The molecule has 1 fully saturated rings. The Kier molecular flexibility index (Phi) is 3.69. The first-order chi connectivity index (χ1) is 7.40. The quantitative estimate of drug-likeness (QED) is 0.734. The average molecular weight is 212 g/mol. The van der Waals surface area contributed by atoms with Gasteiger partial charge >= 0.3 is 0 Å². The van der Waals surface area contributed by atoms with E-state index in [1.54, 1.807) is 0 Å². The van der Waals surface area contributed by atoms with Crippen molar-refractivity contribution >= 4 is 0 Å². The number of hydrogen-bond donors (Lipinski definition) is 1. The topological polar surface area (TPSA) is 68.4 Å².